The average molecular weight is 213 g/mol. The molecule has 0 radical (unpaired) electrons. The molecule has 0 fully saturated rings. The van der Waals surface area contributed by atoms with Gasteiger partial charge in [0.2, 0.25) is 0 Å². The lowest BCUT2D eigenvalue weighted by Gasteiger charge is -2.10. The summed E-state index contributed by atoms with van der Waals surface area (Å²) in [7, 11) is 0. The molecule has 15 heavy (non-hydrogen) atoms. The Kier molecular flexibility index (Phi) is 2.98. The number of aromatic nitrogens is 1. The Bertz CT molecular complexity index is 405. The highest BCUT2D eigenvalue weighted by Crippen LogP contribution is 2.30. The van der Waals surface area contributed by atoms with E-state index >= 15 is 0 Å². The molecule has 0 N–H and O–H groups in total. The molecule has 1 nitrogen and oxygen atoms in total. The predicted molar refractivity (Wildman–Crippen MR) is 54.2 cm³/mol. The molecule has 0 unspecified atom stereocenters. The number of pyridine rings is 1. The molecular weight excluding hydrogens is 203 g/mol. The Morgan fingerprint density at radius 3 is 2.27 bits per heavy atom. The average Bonchev–Trinajstić information content (AvgIpc) is 2.15. The molecule has 0 saturated heterocycles. The fourth-order valence-corrected chi connectivity index (χ4v) is 1.27. The lowest BCUT2D eigenvalue weighted by atomic mass is 10.1. The summed E-state index contributed by atoms with van der Waals surface area (Å²) in [6.07, 6.45) is -1.67. The van der Waals surface area contributed by atoms with Crippen molar-refractivity contribution in [3.8, 4) is 0 Å². The van der Waals surface area contributed by atoms with Gasteiger partial charge in [0.1, 0.15) is 5.69 Å². The topological polar surface area (TPSA) is 12.9 Å². The van der Waals surface area contributed by atoms with Crippen LogP contribution < -0.4 is 0 Å². The zero-order chi connectivity index (χ0) is 11.6. The summed E-state index contributed by atoms with van der Waals surface area (Å²) in [5.74, 6) is 0. The second-order valence-corrected chi connectivity index (χ2v) is 3.03. The summed E-state index contributed by atoms with van der Waals surface area (Å²) in [6.45, 7) is 8.53. The second kappa shape index (κ2) is 3.88. The molecule has 0 aliphatic heterocycles. The summed E-state index contributed by atoms with van der Waals surface area (Å²) in [6, 6.07) is 1.00. The maximum atomic E-state index is 12.4. The van der Waals surface area contributed by atoms with Crippen LogP contribution in [0, 0.1) is 6.92 Å². The number of hydrogen-bond acceptors (Lipinski definition) is 1. The van der Waals surface area contributed by atoms with Gasteiger partial charge in [-0.15, -0.1) is 0 Å². The summed E-state index contributed by atoms with van der Waals surface area (Å²) in [5.41, 5.74) is 0.373. The zero-order valence-electron chi connectivity index (χ0n) is 8.23. The van der Waals surface area contributed by atoms with E-state index in [1.165, 1.54) is 12.2 Å². The van der Waals surface area contributed by atoms with Crippen LogP contribution in [0.2, 0.25) is 0 Å². The predicted octanol–water partition coefficient (Wildman–Crippen LogP) is 3.69. The third-order valence-electron chi connectivity index (χ3n) is 1.98. The summed E-state index contributed by atoms with van der Waals surface area (Å²) in [4.78, 5) is 3.48. The molecule has 0 atom stereocenters. The standard InChI is InChI=1S/C11H10F3N/c1-4-8-7(3)6-10(11(12,13)14)15-9(8)5-2/h4-6H,1-2H2,3H3. The molecule has 0 amide bonds. The van der Waals surface area contributed by atoms with Gasteiger partial charge in [0, 0.05) is 5.56 Å². The first-order chi connectivity index (χ1) is 6.90. The highest BCUT2D eigenvalue weighted by molar-refractivity contribution is 5.63. The Morgan fingerprint density at radius 2 is 1.87 bits per heavy atom. The molecule has 80 valence electrons. The molecule has 1 aromatic rings. The molecule has 1 aromatic heterocycles. The van der Waals surface area contributed by atoms with Crippen LogP contribution in [0.15, 0.2) is 19.2 Å². The molecule has 1 heterocycles. The Morgan fingerprint density at radius 1 is 1.27 bits per heavy atom. The number of rotatable bonds is 2. The third-order valence-corrected chi connectivity index (χ3v) is 1.98. The van der Waals surface area contributed by atoms with Crippen molar-refractivity contribution in [3.63, 3.8) is 0 Å². The fourth-order valence-electron chi connectivity index (χ4n) is 1.27. The normalized spacial score (nSPS) is 11.2. The van der Waals surface area contributed by atoms with Crippen molar-refractivity contribution in [2.24, 2.45) is 0 Å². The van der Waals surface area contributed by atoms with E-state index < -0.39 is 11.9 Å². The van der Waals surface area contributed by atoms with E-state index in [9.17, 15) is 13.2 Å². The second-order valence-electron chi connectivity index (χ2n) is 3.03. The van der Waals surface area contributed by atoms with Crippen LogP contribution in [0.1, 0.15) is 22.5 Å². The zero-order valence-corrected chi connectivity index (χ0v) is 8.23. The number of alkyl halides is 3. The van der Waals surface area contributed by atoms with Gasteiger partial charge in [0.25, 0.3) is 0 Å². The third kappa shape index (κ3) is 2.26. The van der Waals surface area contributed by atoms with Gasteiger partial charge in [-0.2, -0.15) is 13.2 Å². The van der Waals surface area contributed by atoms with Crippen LogP contribution in [0.4, 0.5) is 13.2 Å². The highest BCUT2D eigenvalue weighted by Gasteiger charge is 2.33. The van der Waals surface area contributed by atoms with Crippen LogP contribution in [-0.4, -0.2) is 4.98 Å². The van der Waals surface area contributed by atoms with E-state index in [4.69, 9.17) is 0 Å². The van der Waals surface area contributed by atoms with Crippen molar-refractivity contribution in [2.45, 2.75) is 13.1 Å². The molecule has 0 bridgehead atoms. The lowest BCUT2D eigenvalue weighted by Crippen LogP contribution is -2.10. The lowest BCUT2D eigenvalue weighted by molar-refractivity contribution is -0.141. The van der Waals surface area contributed by atoms with E-state index in [1.807, 2.05) is 0 Å². The first-order valence-corrected chi connectivity index (χ1v) is 4.24. The molecular formula is C11H10F3N. The van der Waals surface area contributed by atoms with E-state index in [-0.39, 0.29) is 5.69 Å². The Hall–Kier alpha value is -1.58. The van der Waals surface area contributed by atoms with Gasteiger partial charge in [-0.05, 0) is 24.6 Å². The number of hydrogen-bond donors (Lipinski definition) is 0. The summed E-state index contributed by atoms with van der Waals surface area (Å²) < 4.78 is 37.2. The molecule has 0 aliphatic carbocycles. The van der Waals surface area contributed by atoms with Crippen molar-refractivity contribution in [1.82, 2.24) is 4.98 Å². The van der Waals surface area contributed by atoms with Gasteiger partial charge >= 0.3 is 6.18 Å². The maximum absolute atomic E-state index is 12.4. The van der Waals surface area contributed by atoms with Gasteiger partial charge in [-0.1, -0.05) is 19.2 Å². The van der Waals surface area contributed by atoms with Gasteiger partial charge in [0.05, 0.1) is 5.69 Å². The minimum atomic E-state index is -4.43. The SMILES string of the molecule is C=Cc1nc(C(F)(F)F)cc(C)c1C=C. The molecule has 0 aliphatic rings. The number of halogens is 3. The van der Waals surface area contributed by atoms with Gasteiger partial charge in [-0.25, -0.2) is 4.98 Å². The molecule has 0 saturated carbocycles. The minimum Gasteiger partial charge on any atom is -0.243 e. The van der Waals surface area contributed by atoms with Crippen molar-refractivity contribution >= 4 is 12.2 Å². The molecule has 0 aromatic carbocycles. The summed E-state index contributed by atoms with van der Waals surface area (Å²) in [5, 5.41) is 0. The van der Waals surface area contributed by atoms with Crippen LogP contribution in [-0.2, 0) is 6.18 Å². The van der Waals surface area contributed by atoms with Gasteiger partial charge in [0.15, 0.2) is 0 Å². The minimum absolute atomic E-state index is 0.206. The quantitative estimate of drug-likeness (QED) is 0.730. The van der Waals surface area contributed by atoms with Gasteiger partial charge < -0.3 is 0 Å². The van der Waals surface area contributed by atoms with E-state index in [0.717, 1.165) is 6.07 Å². The Labute approximate surface area is 86.0 Å². The van der Waals surface area contributed by atoms with Crippen LogP contribution in [0.25, 0.3) is 12.2 Å². The number of aryl methyl sites for hydroxylation is 1. The highest BCUT2D eigenvalue weighted by atomic mass is 19.4. The first kappa shape index (κ1) is 11.5. The van der Waals surface area contributed by atoms with Crippen molar-refractivity contribution in [3.05, 3.63) is 41.7 Å². The van der Waals surface area contributed by atoms with Crippen molar-refractivity contribution in [2.75, 3.05) is 0 Å². The Balaban J connectivity index is 3.45. The van der Waals surface area contributed by atoms with E-state index in [1.54, 1.807) is 6.92 Å². The monoisotopic (exact) mass is 213 g/mol. The van der Waals surface area contributed by atoms with Gasteiger partial charge in [-0.3, -0.25) is 0 Å². The molecule has 0 spiro atoms. The largest absolute Gasteiger partial charge is 0.433 e. The molecule has 4 heteroatoms. The summed E-state index contributed by atoms with van der Waals surface area (Å²) >= 11 is 0. The number of nitrogens with zero attached hydrogens (tertiary/aromatic N) is 1. The maximum Gasteiger partial charge on any atom is 0.433 e. The smallest absolute Gasteiger partial charge is 0.243 e. The van der Waals surface area contributed by atoms with Crippen LogP contribution in [0.5, 0.6) is 0 Å². The first-order valence-electron chi connectivity index (χ1n) is 4.24. The van der Waals surface area contributed by atoms with Crippen LogP contribution in [0.3, 0.4) is 0 Å². The van der Waals surface area contributed by atoms with E-state index in [0.29, 0.717) is 11.1 Å². The van der Waals surface area contributed by atoms with Crippen molar-refractivity contribution < 1.29 is 13.2 Å². The molecule has 1 rings (SSSR count). The van der Waals surface area contributed by atoms with Crippen LogP contribution >= 0.6 is 0 Å². The van der Waals surface area contributed by atoms with Crippen molar-refractivity contribution in [1.29, 1.82) is 0 Å². The van der Waals surface area contributed by atoms with E-state index in [2.05, 4.69) is 18.1 Å². The fraction of sp³-hybridized carbons (Fsp3) is 0.182.